The number of ether oxygens (including phenoxy) is 2. The number of carbonyl (C=O) groups is 1. The Hall–Kier alpha value is -2.37. The third-order valence-electron chi connectivity index (χ3n) is 5.50. The first-order valence-electron chi connectivity index (χ1n) is 9.01. The molecule has 2 aromatic carbocycles. The van der Waals surface area contributed by atoms with Crippen LogP contribution in [0.2, 0.25) is 0 Å². The fraction of sp³-hybridized carbons (Fsp3) is 0.381. The Morgan fingerprint density at radius 3 is 2.54 bits per heavy atom. The highest BCUT2D eigenvalue weighted by Crippen LogP contribution is 2.39. The van der Waals surface area contributed by atoms with Crippen LogP contribution in [-0.4, -0.2) is 49.9 Å². The maximum absolute atomic E-state index is 12.7. The highest BCUT2D eigenvalue weighted by Gasteiger charge is 2.56. The van der Waals surface area contributed by atoms with Crippen molar-refractivity contribution >= 4 is 6.09 Å². The summed E-state index contributed by atoms with van der Waals surface area (Å²) in [4.78, 5) is 14.6. The van der Waals surface area contributed by atoms with E-state index in [1.54, 1.807) is 7.11 Å². The van der Waals surface area contributed by atoms with Crippen molar-refractivity contribution in [1.29, 1.82) is 0 Å². The van der Waals surface area contributed by atoms with Crippen molar-refractivity contribution in [2.24, 2.45) is 0 Å². The van der Waals surface area contributed by atoms with E-state index < -0.39 is 0 Å². The minimum Gasteiger partial charge on any atom is -0.443 e. The van der Waals surface area contributed by atoms with Crippen LogP contribution in [0.25, 0.3) is 0 Å². The highest BCUT2D eigenvalue weighted by molar-refractivity contribution is 5.71. The predicted octanol–water partition coefficient (Wildman–Crippen LogP) is 2.56. The lowest BCUT2D eigenvalue weighted by molar-refractivity contribution is 0.00277. The molecule has 3 atom stereocenters. The van der Waals surface area contributed by atoms with E-state index in [0.29, 0.717) is 13.2 Å². The van der Waals surface area contributed by atoms with E-state index in [0.717, 1.165) is 24.2 Å². The standard InChI is InChI=1S/C21H24N2O3/c1-25-15-21(17-10-6-3-7-11-17)14-22-12-18-19(21)26-20(24)23(18)13-16-8-4-2-5-9-16/h2-11,18-19,22H,12-15H2,1H3/t18-,19-,21-/m0/s1. The average molecular weight is 352 g/mol. The lowest BCUT2D eigenvalue weighted by atomic mass is 9.71. The third-order valence-corrected chi connectivity index (χ3v) is 5.50. The summed E-state index contributed by atoms with van der Waals surface area (Å²) in [5.41, 5.74) is 1.85. The Bertz CT molecular complexity index is 748. The molecule has 0 radical (unpaired) electrons. The van der Waals surface area contributed by atoms with Crippen LogP contribution in [0.15, 0.2) is 60.7 Å². The molecule has 2 heterocycles. The second-order valence-corrected chi connectivity index (χ2v) is 7.07. The maximum Gasteiger partial charge on any atom is 0.410 e. The molecule has 5 nitrogen and oxygen atoms in total. The van der Waals surface area contributed by atoms with E-state index in [2.05, 4.69) is 17.4 Å². The van der Waals surface area contributed by atoms with Gasteiger partial charge in [-0.3, -0.25) is 4.90 Å². The van der Waals surface area contributed by atoms with Crippen molar-refractivity contribution in [3.05, 3.63) is 71.8 Å². The third kappa shape index (κ3) is 2.87. The van der Waals surface area contributed by atoms with E-state index >= 15 is 0 Å². The predicted molar refractivity (Wildman–Crippen MR) is 98.9 cm³/mol. The Morgan fingerprint density at radius 2 is 1.85 bits per heavy atom. The first kappa shape index (κ1) is 17.1. The number of nitrogens with zero attached hydrogens (tertiary/aromatic N) is 1. The molecule has 2 aliphatic rings. The van der Waals surface area contributed by atoms with Crippen molar-refractivity contribution in [3.8, 4) is 0 Å². The molecule has 1 amide bonds. The zero-order chi connectivity index (χ0) is 18.0. The van der Waals surface area contributed by atoms with Gasteiger partial charge in [0.15, 0.2) is 0 Å². The summed E-state index contributed by atoms with van der Waals surface area (Å²) in [5, 5.41) is 3.51. The van der Waals surface area contributed by atoms with Crippen LogP contribution in [0.4, 0.5) is 4.79 Å². The van der Waals surface area contributed by atoms with Gasteiger partial charge >= 0.3 is 6.09 Å². The zero-order valence-electron chi connectivity index (χ0n) is 14.9. The minimum absolute atomic E-state index is 0.0215. The van der Waals surface area contributed by atoms with Crippen LogP contribution in [0.1, 0.15) is 11.1 Å². The molecule has 0 bridgehead atoms. The average Bonchev–Trinajstić information content (AvgIpc) is 3.00. The first-order chi connectivity index (χ1) is 12.7. The van der Waals surface area contributed by atoms with E-state index in [1.165, 1.54) is 0 Å². The summed E-state index contributed by atoms with van der Waals surface area (Å²) in [5.74, 6) is 0. The number of benzene rings is 2. The normalized spacial score (nSPS) is 27.9. The molecule has 5 heteroatoms. The fourth-order valence-electron chi connectivity index (χ4n) is 4.27. The Morgan fingerprint density at radius 1 is 1.15 bits per heavy atom. The number of piperidine rings is 1. The van der Waals surface area contributed by atoms with Crippen LogP contribution in [0.3, 0.4) is 0 Å². The van der Waals surface area contributed by atoms with Gasteiger partial charge in [0, 0.05) is 26.7 Å². The number of hydrogen-bond donors (Lipinski definition) is 1. The number of rotatable bonds is 5. The second kappa shape index (κ2) is 7.09. The van der Waals surface area contributed by atoms with Crippen molar-refractivity contribution in [2.45, 2.75) is 24.1 Å². The lowest BCUT2D eigenvalue weighted by Crippen LogP contribution is -2.63. The van der Waals surface area contributed by atoms with Gasteiger partial charge in [-0.25, -0.2) is 4.79 Å². The van der Waals surface area contributed by atoms with Crippen molar-refractivity contribution in [3.63, 3.8) is 0 Å². The monoisotopic (exact) mass is 352 g/mol. The number of amides is 1. The van der Waals surface area contributed by atoms with Crippen molar-refractivity contribution in [1.82, 2.24) is 10.2 Å². The molecule has 2 saturated heterocycles. The summed E-state index contributed by atoms with van der Waals surface area (Å²) in [6, 6.07) is 20.3. The van der Waals surface area contributed by atoms with Gasteiger partial charge in [-0.1, -0.05) is 60.7 Å². The smallest absolute Gasteiger partial charge is 0.410 e. The molecule has 0 unspecified atom stereocenters. The van der Waals surface area contributed by atoms with E-state index in [-0.39, 0.29) is 23.7 Å². The van der Waals surface area contributed by atoms with Gasteiger partial charge in [0.2, 0.25) is 0 Å². The van der Waals surface area contributed by atoms with E-state index in [9.17, 15) is 4.79 Å². The van der Waals surface area contributed by atoms with Gasteiger partial charge in [0.05, 0.1) is 18.1 Å². The zero-order valence-corrected chi connectivity index (χ0v) is 14.9. The van der Waals surface area contributed by atoms with Crippen LogP contribution >= 0.6 is 0 Å². The molecule has 0 saturated carbocycles. The first-order valence-corrected chi connectivity index (χ1v) is 9.01. The quantitative estimate of drug-likeness (QED) is 0.899. The Labute approximate surface area is 153 Å². The van der Waals surface area contributed by atoms with E-state index in [4.69, 9.17) is 9.47 Å². The summed E-state index contributed by atoms with van der Waals surface area (Å²) in [7, 11) is 1.70. The molecule has 26 heavy (non-hydrogen) atoms. The lowest BCUT2D eigenvalue weighted by Gasteiger charge is -2.44. The number of carbonyl (C=O) groups excluding carboxylic acids is 1. The fourth-order valence-corrected chi connectivity index (χ4v) is 4.27. The molecule has 136 valence electrons. The van der Waals surface area contributed by atoms with E-state index in [1.807, 2.05) is 53.4 Å². The number of hydrogen-bond acceptors (Lipinski definition) is 4. The van der Waals surface area contributed by atoms with Crippen LogP contribution in [-0.2, 0) is 21.4 Å². The summed E-state index contributed by atoms with van der Waals surface area (Å²) in [6.45, 7) is 2.50. The summed E-state index contributed by atoms with van der Waals surface area (Å²) < 4.78 is 11.5. The topological polar surface area (TPSA) is 50.8 Å². The summed E-state index contributed by atoms with van der Waals surface area (Å²) in [6.07, 6.45) is -0.480. The van der Waals surface area contributed by atoms with Gasteiger partial charge < -0.3 is 14.8 Å². The van der Waals surface area contributed by atoms with Gasteiger partial charge in [0.1, 0.15) is 6.10 Å². The maximum atomic E-state index is 12.7. The molecule has 1 N–H and O–H groups in total. The SMILES string of the molecule is COC[C@]1(c2ccccc2)CNC[C@H]2[C@@H]1OC(=O)N2Cc1ccccc1. The molecular weight excluding hydrogens is 328 g/mol. The molecular formula is C21H24N2O3. The number of nitrogens with one attached hydrogen (secondary N) is 1. The molecule has 0 aliphatic carbocycles. The van der Waals surface area contributed by atoms with Gasteiger partial charge in [0.25, 0.3) is 0 Å². The van der Waals surface area contributed by atoms with Gasteiger partial charge in [-0.15, -0.1) is 0 Å². The molecule has 4 rings (SSSR count). The molecule has 0 aromatic heterocycles. The minimum atomic E-state index is -0.389. The second-order valence-electron chi connectivity index (χ2n) is 7.07. The molecule has 2 fully saturated rings. The Kier molecular flexibility index (Phi) is 4.66. The molecule has 0 spiro atoms. The molecule has 2 aliphatic heterocycles. The highest BCUT2D eigenvalue weighted by atomic mass is 16.6. The molecule has 2 aromatic rings. The van der Waals surface area contributed by atoms with Crippen molar-refractivity contribution < 1.29 is 14.3 Å². The van der Waals surface area contributed by atoms with Crippen LogP contribution in [0.5, 0.6) is 0 Å². The summed E-state index contributed by atoms with van der Waals surface area (Å²) >= 11 is 0. The Balaban J connectivity index is 1.67. The van der Waals surface area contributed by atoms with Gasteiger partial charge in [-0.2, -0.15) is 0 Å². The number of methoxy groups -OCH3 is 1. The van der Waals surface area contributed by atoms with Crippen LogP contribution in [0, 0.1) is 0 Å². The largest absolute Gasteiger partial charge is 0.443 e. The van der Waals surface area contributed by atoms with Crippen LogP contribution < -0.4 is 5.32 Å². The van der Waals surface area contributed by atoms with Gasteiger partial charge in [-0.05, 0) is 11.1 Å². The number of fused-ring (bicyclic) bond motifs is 1. The van der Waals surface area contributed by atoms with Crippen molar-refractivity contribution in [2.75, 3.05) is 26.8 Å².